The Morgan fingerprint density at radius 1 is 1.12 bits per heavy atom. The average Bonchev–Trinajstić information content (AvgIpc) is 3.09. The summed E-state index contributed by atoms with van der Waals surface area (Å²) in [6.45, 7) is 0.212. The minimum absolute atomic E-state index is 0.138. The SMILES string of the molecule is COc1ccccc1-c1csc(COc2ccccc2C(=O)O)n1. The number of carboxylic acids is 1. The Balaban J connectivity index is 1.77. The number of para-hydroxylation sites is 2. The number of thiazole rings is 1. The lowest BCUT2D eigenvalue weighted by molar-refractivity contribution is 0.0691. The Hall–Kier alpha value is -2.86. The molecule has 0 unspecified atom stereocenters. The van der Waals surface area contributed by atoms with Crippen LogP contribution >= 0.6 is 11.3 Å². The molecule has 1 N–H and O–H groups in total. The molecule has 2 aromatic carbocycles. The molecule has 5 nitrogen and oxygen atoms in total. The number of nitrogens with zero attached hydrogens (tertiary/aromatic N) is 1. The lowest BCUT2D eigenvalue weighted by Gasteiger charge is -2.07. The van der Waals surface area contributed by atoms with Crippen molar-refractivity contribution >= 4 is 17.3 Å². The standard InChI is InChI=1S/C18H15NO4S/c1-22-15-8-4-2-6-12(15)14-11-24-17(19-14)10-23-16-9-5-3-7-13(16)18(20)21/h2-9,11H,10H2,1H3,(H,20,21). The largest absolute Gasteiger partial charge is 0.496 e. The van der Waals surface area contributed by atoms with Gasteiger partial charge in [-0.1, -0.05) is 24.3 Å². The second-order valence-electron chi connectivity index (χ2n) is 4.92. The molecule has 3 rings (SSSR count). The first-order valence-corrected chi connectivity index (χ1v) is 8.10. The highest BCUT2D eigenvalue weighted by Gasteiger charge is 2.12. The first kappa shape index (κ1) is 16.0. The van der Waals surface area contributed by atoms with Crippen LogP contribution in [0.15, 0.2) is 53.9 Å². The van der Waals surface area contributed by atoms with Crippen LogP contribution in [0.3, 0.4) is 0 Å². The number of hydrogen-bond acceptors (Lipinski definition) is 5. The number of methoxy groups -OCH3 is 1. The highest BCUT2D eigenvalue weighted by molar-refractivity contribution is 7.09. The molecule has 1 heterocycles. The number of hydrogen-bond donors (Lipinski definition) is 1. The van der Waals surface area contributed by atoms with Crippen molar-refractivity contribution < 1.29 is 19.4 Å². The van der Waals surface area contributed by atoms with E-state index in [9.17, 15) is 4.79 Å². The number of rotatable bonds is 6. The Morgan fingerprint density at radius 2 is 1.83 bits per heavy atom. The van der Waals surface area contributed by atoms with E-state index in [1.165, 1.54) is 17.4 Å². The Morgan fingerprint density at radius 3 is 2.58 bits per heavy atom. The minimum atomic E-state index is -1.01. The van der Waals surface area contributed by atoms with Crippen molar-refractivity contribution in [1.82, 2.24) is 4.98 Å². The van der Waals surface area contributed by atoms with Crippen LogP contribution < -0.4 is 9.47 Å². The van der Waals surface area contributed by atoms with Crippen LogP contribution in [0.4, 0.5) is 0 Å². The molecule has 122 valence electrons. The van der Waals surface area contributed by atoms with Gasteiger partial charge in [-0.2, -0.15) is 0 Å². The molecule has 3 aromatic rings. The number of carbonyl (C=O) groups is 1. The van der Waals surface area contributed by atoms with E-state index in [2.05, 4.69) is 4.98 Å². The number of benzene rings is 2. The monoisotopic (exact) mass is 341 g/mol. The van der Waals surface area contributed by atoms with Gasteiger partial charge in [0.05, 0.1) is 12.8 Å². The van der Waals surface area contributed by atoms with Crippen LogP contribution in [0.25, 0.3) is 11.3 Å². The van der Waals surface area contributed by atoms with Gasteiger partial charge in [0, 0.05) is 10.9 Å². The third-order valence-electron chi connectivity index (χ3n) is 3.40. The molecular weight excluding hydrogens is 326 g/mol. The summed E-state index contributed by atoms with van der Waals surface area (Å²) in [6.07, 6.45) is 0. The maximum absolute atomic E-state index is 11.2. The zero-order valence-corrected chi connectivity index (χ0v) is 13.7. The normalized spacial score (nSPS) is 10.4. The molecule has 0 bridgehead atoms. The fraction of sp³-hybridized carbons (Fsp3) is 0.111. The van der Waals surface area contributed by atoms with Gasteiger partial charge >= 0.3 is 5.97 Å². The van der Waals surface area contributed by atoms with Crippen LogP contribution in [0.5, 0.6) is 11.5 Å². The van der Waals surface area contributed by atoms with Gasteiger partial charge < -0.3 is 14.6 Å². The smallest absolute Gasteiger partial charge is 0.339 e. The molecule has 24 heavy (non-hydrogen) atoms. The van der Waals surface area contributed by atoms with E-state index in [1.54, 1.807) is 25.3 Å². The first-order chi connectivity index (χ1) is 11.7. The summed E-state index contributed by atoms with van der Waals surface area (Å²) in [6, 6.07) is 14.2. The van der Waals surface area contributed by atoms with Crippen molar-refractivity contribution in [2.75, 3.05) is 7.11 Å². The van der Waals surface area contributed by atoms with Gasteiger partial charge in [-0.25, -0.2) is 9.78 Å². The number of aromatic nitrogens is 1. The van der Waals surface area contributed by atoms with E-state index >= 15 is 0 Å². The van der Waals surface area contributed by atoms with E-state index in [0.717, 1.165) is 22.0 Å². The molecule has 0 spiro atoms. The average molecular weight is 341 g/mol. The molecule has 6 heteroatoms. The first-order valence-electron chi connectivity index (χ1n) is 7.22. The van der Waals surface area contributed by atoms with E-state index in [-0.39, 0.29) is 12.2 Å². The molecule has 0 aliphatic carbocycles. The Bertz CT molecular complexity index is 859. The third kappa shape index (κ3) is 3.38. The maximum Gasteiger partial charge on any atom is 0.339 e. The predicted octanol–water partition coefficient (Wildman–Crippen LogP) is 4.10. The number of carboxylic acid groups (broad SMARTS) is 1. The van der Waals surface area contributed by atoms with Crippen LogP contribution in [0.2, 0.25) is 0 Å². The second-order valence-corrected chi connectivity index (χ2v) is 5.86. The lowest BCUT2D eigenvalue weighted by Crippen LogP contribution is -2.03. The van der Waals surface area contributed by atoms with Gasteiger partial charge in [-0.05, 0) is 24.3 Å². The van der Waals surface area contributed by atoms with Crippen LogP contribution in [-0.4, -0.2) is 23.2 Å². The van der Waals surface area contributed by atoms with Crippen molar-refractivity contribution in [3.63, 3.8) is 0 Å². The summed E-state index contributed by atoms with van der Waals surface area (Å²) in [5.74, 6) is 0.0741. The summed E-state index contributed by atoms with van der Waals surface area (Å²) in [5, 5.41) is 11.9. The summed E-state index contributed by atoms with van der Waals surface area (Å²) >= 11 is 1.46. The van der Waals surface area contributed by atoms with E-state index < -0.39 is 5.97 Å². The molecule has 0 atom stereocenters. The third-order valence-corrected chi connectivity index (χ3v) is 4.23. The summed E-state index contributed by atoms with van der Waals surface area (Å²) in [4.78, 5) is 15.7. The van der Waals surface area contributed by atoms with E-state index in [4.69, 9.17) is 14.6 Å². The number of aromatic carboxylic acids is 1. The van der Waals surface area contributed by atoms with Crippen molar-refractivity contribution in [1.29, 1.82) is 0 Å². The van der Waals surface area contributed by atoms with Crippen LogP contribution in [-0.2, 0) is 6.61 Å². The molecule has 0 aliphatic heterocycles. The molecule has 0 amide bonds. The van der Waals surface area contributed by atoms with Gasteiger partial charge in [-0.3, -0.25) is 0 Å². The summed E-state index contributed by atoms with van der Waals surface area (Å²) in [7, 11) is 1.62. The lowest BCUT2D eigenvalue weighted by atomic mass is 10.1. The molecule has 0 saturated carbocycles. The van der Waals surface area contributed by atoms with Crippen molar-refractivity contribution in [2.24, 2.45) is 0 Å². The quantitative estimate of drug-likeness (QED) is 0.731. The van der Waals surface area contributed by atoms with Crippen molar-refractivity contribution in [2.45, 2.75) is 6.61 Å². The molecular formula is C18H15NO4S. The van der Waals surface area contributed by atoms with Crippen LogP contribution in [0, 0.1) is 0 Å². The second kappa shape index (κ2) is 7.14. The predicted molar refractivity (Wildman–Crippen MR) is 91.8 cm³/mol. The van der Waals surface area contributed by atoms with Gasteiger partial charge in [0.25, 0.3) is 0 Å². The van der Waals surface area contributed by atoms with Gasteiger partial charge in [0.1, 0.15) is 28.7 Å². The molecule has 0 saturated heterocycles. The molecule has 0 radical (unpaired) electrons. The van der Waals surface area contributed by atoms with E-state index in [1.807, 2.05) is 29.6 Å². The number of ether oxygens (including phenoxy) is 2. The van der Waals surface area contributed by atoms with Gasteiger partial charge in [0.2, 0.25) is 0 Å². The molecule has 0 fully saturated rings. The highest BCUT2D eigenvalue weighted by Crippen LogP contribution is 2.30. The van der Waals surface area contributed by atoms with Crippen molar-refractivity contribution in [3.05, 3.63) is 64.5 Å². The summed E-state index contributed by atoms with van der Waals surface area (Å²) < 4.78 is 11.0. The highest BCUT2D eigenvalue weighted by atomic mass is 32.1. The zero-order valence-electron chi connectivity index (χ0n) is 12.9. The van der Waals surface area contributed by atoms with Crippen LogP contribution in [0.1, 0.15) is 15.4 Å². The van der Waals surface area contributed by atoms with Gasteiger partial charge in [-0.15, -0.1) is 11.3 Å². The fourth-order valence-electron chi connectivity index (χ4n) is 2.27. The topological polar surface area (TPSA) is 68.7 Å². The van der Waals surface area contributed by atoms with E-state index in [0.29, 0.717) is 5.75 Å². The summed E-state index contributed by atoms with van der Waals surface area (Å²) in [5.41, 5.74) is 1.86. The Labute approximate surface area is 143 Å². The van der Waals surface area contributed by atoms with Crippen molar-refractivity contribution in [3.8, 4) is 22.8 Å². The minimum Gasteiger partial charge on any atom is -0.496 e. The molecule has 0 aliphatic rings. The zero-order chi connectivity index (χ0) is 16.9. The Kier molecular flexibility index (Phi) is 4.77. The maximum atomic E-state index is 11.2. The fourth-order valence-corrected chi connectivity index (χ4v) is 2.97. The molecule has 1 aromatic heterocycles. The van der Waals surface area contributed by atoms with Gasteiger partial charge in [0.15, 0.2) is 0 Å².